The number of hydrogen-bond acceptors (Lipinski definition) is 5. The van der Waals surface area contributed by atoms with E-state index in [2.05, 4.69) is 15.2 Å². The van der Waals surface area contributed by atoms with Crippen LogP contribution >= 0.6 is 11.8 Å². The molecule has 0 aromatic carbocycles. The largest absolute Gasteiger partial charge is 0.481 e. The van der Waals surface area contributed by atoms with Crippen molar-refractivity contribution in [3.05, 3.63) is 30.9 Å². The van der Waals surface area contributed by atoms with E-state index in [-0.39, 0.29) is 5.75 Å². The zero-order chi connectivity index (χ0) is 11.4. The summed E-state index contributed by atoms with van der Waals surface area (Å²) in [6, 6.07) is 3.64. The van der Waals surface area contributed by atoms with Gasteiger partial charge in [-0.05, 0) is 12.1 Å². The number of carbonyl (C=O) groups is 1. The van der Waals surface area contributed by atoms with Gasteiger partial charge in [-0.3, -0.25) is 14.3 Å². The first-order valence-electron chi connectivity index (χ1n) is 4.42. The molecule has 16 heavy (non-hydrogen) atoms. The lowest BCUT2D eigenvalue weighted by Crippen LogP contribution is -2.01. The monoisotopic (exact) mass is 236 g/mol. The number of aromatic nitrogens is 4. The van der Waals surface area contributed by atoms with Gasteiger partial charge in [0, 0.05) is 6.20 Å². The van der Waals surface area contributed by atoms with Crippen LogP contribution in [0.5, 0.6) is 0 Å². The Morgan fingerprint density at radius 2 is 2.44 bits per heavy atom. The first-order valence-corrected chi connectivity index (χ1v) is 5.41. The highest BCUT2D eigenvalue weighted by Gasteiger charge is 2.08. The predicted molar refractivity (Wildman–Crippen MR) is 57.5 cm³/mol. The van der Waals surface area contributed by atoms with Gasteiger partial charge in [0.15, 0.2) is 5.16 Å². The van der Waals surface area contributed by atoms with Gasteiger partial charge in [0.2, 0.25) is 0 Å². The van der Waals surface area contributed by atoms with E-state index in [1.807, 2.05) is 6.07 Å². The lowest BCUT2D eigenvalue weighted by Gasteiger charge is -2.03. The molecule has 2 aromatic rings. The van der Waals surface area contributed by atoms with E-state index >= 15 is 0 Å². The van der Waals surface area contributed by atoms with E-state index in [4.69, 9.17) is 5.11 Å². The lowest BCUT2D eigenvalue weighted by atomic mass is 10.4. The lowest BCUT2D eigenvalue weighted by molar-refractivity contribution is -0.133. The summed E-state index contributed by atoms with van der Waals surface area (Å²) in [5.41, 5.74) is 0.806. The Hall–Kier alpha value is -1.89. The van der Waals surface area contributed by atoms with Crippen LogP contribution in [0.3, 0.4) is 0 Å². The first-order chi connectivity index (χ1) is 7.77. The van der Waals surface area contributed by atoms with E-state index < -0.39 is 5.97 Å². The van der Waals surface area contributed by atoms with Crippen LogP contribution < -0.4 is 0 Å². The van der Waals surface area contributed by atoms with Crippen LogP contribution in [0.15, 0.2) is 36.0 Å². The Bertz CT molecular complexity index is 485. The summed E-state index contributed by atoms with van der Waals surface area (Å²) in [5, 5.41) is 16.7. The maximum atomic E-state index is 10.5. The molecule has 2 rings (SSSR count). The van der Waals surface area contributed by atoms with Crippen LogP contribution in [-0.4, -0.2) is 36.6 Å². The Morgan fingerprint density at radius 1 is 1.56 bits per heavy atom. The third-order valence-electron chi connectivity index (χ3n) is 1.77. The topological polar surface area (TPSA) is 80.9 Å². The number of nitrogens with zero attached hydrogens (tertiary/aromatic N) is 4. The maximum absolute atomic E-state index is 10.5. The minimum Gasteiger partial charge on any atom is -0.481 e. The second-order valence-electron chi connectivity index (χ2n) is 2.88. The van der Waals surface area contributed by atoms with Crippen LogP contribution in [-0.2, 0) is 4.79 Å². The summed E-state index contributed by atoms with van der Waals surface area (Å²) in [6.45, 7) is 0. The fourth-order valence-electron chi connectivity index (χ4n) is 1.12. The van der Waals surface area contributed by atoms with Crippen molar-refractivity contribution < 1.29 is 9.90 Å². The normalized spacial score (nSPS) is 10.2. The van der Waals surface area contributed by atoms with E-state index in [9.17, 15) is 4.79 Å². The summed E-state index contributed by atoms with van der Waals surface area (Å²) in [6.07, 6.45) is 4.85. The molecule has 2 aromatic heterocycles. The highest BCUT2D eigenvalue weighted by molar-refractivity contribution is 7.99. The number of aliphatic carboxylic acids is 1. The quantitative estimate of drug-likeness (QED) is 0.792. The summed E-state index contributed by atoms with van der Waals surface area (Å²) in [4.78, 5) is 14.4. The molecular formula is C9H8N4O2S. The van der Waals surface area contributed by atoms with Gasteiger partial charge in [-0.25, -0.2) is 0 Å². The standard InChI is InChI=1S/C9H8N4O2S/c14-8(15)5-16-9-12-11-6-13(9)7-2-1-3-10-4-7/h1-4,6H,5H2,(H,14,15). The van der Waals surface area contributed by atoms with E-state index in [1.54, 1.807) is 23.0 Å². The van der Waals surface area contributed by atoms with E-state index in [0.717, 1.165) is 17.4 Å². The molecule has 0 saturated heterocycles. The minimum absolute atomic E-state index is 0.0427. The molecule has 0 unspecified atom stereocenters. The minimum atomic E-state index is -0.884. The molecular weight excluding hydrogens is 228 g/mol. The highest BCUT2D eigenvalue weighted by atomic mass is 32.2. The second-order valence-corrected chi connectivity index (χ2v) is 3.82. The van der Waals surface area contributed by atoms with E-state index in [1.165, 1.54) is 6.33 Å². The average Bonchev–Trinajstić information content (AvgIpc) is 2.75. The third kappa shape index (κ3) is 2.37. The molecule has 6 nitrogen and oxygen atoms in total. The summed E-state index contributed by atoms with van der Waals surface area (Å²) < 4.78 is 1.70. The van der Waals surface area contributed by atoms with Crippen LogP contribution in [0.2, 0.25) is 0 Å². The van der Waals surface area contributed by atoms with Crippen molar-refractivity contribution in [3.63, 3.8) is 0 Å². The first kappa shape index (κ1) is 10.6. The summed E-state index contributed by atoms with van der Waals surface area (Å²) in [5.74, 6) is -0.926. The van der Waals surface area contributed by atoms with Gasteiger partial charge in [-0.15, -0.1) is 10.2 Å². The zero-order valence-electron chi connectivity index (χ0n) is 8.15. The van der Waals surface area contributed by atoms with Gasteiger partial charge in [0.25, 0.3) is 0 Å². The molecule has 0 aliphatic heterocycles. The van der Waals surface area contributed by atoms with Gasteiger partial charge in [-0.1, -0.05) is 11.8 Å². The number of rotatable bonds is 4. The molecule has 82 valence electrons. The van der Waals surface area contributed by atoms with E-state index in [0.29, 0.717) is 5.16 Å². The van der Waals surface area contributed by atoms with Gasteiger partial charge < -0.3 is 5.11 Å². The van der Waals surface area contributed by atoms with Crippen LogP contribution in [0, 0.1) is 0 Å². The second kappa shape index (κ2) is 4.75. The molecule has 0 bridgehead atoms. The molecule has 0 atom stereocenters. The summed E-state index contributed by atoms with van der Waals surface area (Å²) in [7, 11) is 0. The van der Waals surface area contributed by atoms with Crippen molar-refractivity contribution >= 4 is 17.7 Å². The van der Waals surface area contributed by atoms with Crippen LogP contribution in [0.4, 0.5) is 0 Å². The SMILES string of the molecule is O=C(O)CSc1nncn1-c1cccnc1. The van der Waals surface area contributed by atoms with Crippen molar-refractivity contribution in [2.45, 2.75) is 5.16 Å². The average molecular weight is 236 g/mol. The zero-order valence-corrected chi connectivity index (χ0v) is 8.96. The van der Waals surface area contributed by atoms with Crippen molar-refractivity contribution in [2.75, 3.05) is 5.75 Å². The molecule has 0 spiro atoms. The highest BCUT2D eigenvalue weighted by Crippen LogP contribution is 2.18. The molecule has 0 fully saturated rings. The molecule has 0 saturated carbocycles. The van der Waals surface area contributed by atoms with Gasteiger partial charge >= 0.3 is 5.97 Å². The third-order valence-corrected chi connectivity index (χ3v) is 2.69. The van der Waals surface area contributed by atoms with Gasteiger partial charge in [-0.2, -0.15) is 0 Å². The number of pyridine rings is 1. The fourth-order valence-corrected chi connectivity index (χ4v) is 1.77. The number of thioether (sulfide) groups is 1. The van der Waals surface area contributed by atoms with Gasteiger partial charge in [0.05, 0.1) is 17.6 Å². The van der Waals surface area contributed by atoms with Crippen molar-refractivity contribution in [3.8, 4) is 5.69 Å². The molecule has 0 amide bonds. The Morgan fingerprint density at radius 3 is 3.12 bits per heavy atom. The summed E-state index contributed by atoms with van der Waals surface area (Å²) >= 11 is 1.12. The predicted octanol–water partition coefficient (Wildman–Crippen LogP) is 0.839. The molecule has 2 heterocycles. The van der Waals surface area contributed by atoms with Gasteiger partial charge in [0.1, 0.15) is 6.33 Å². The number of carboxylic acids is 1. The smallest absolute Gasteiger partial charge is 0.313 e. The Labute approximate surface area is 95.3 Å². The Kier molecular flexibility index (Phi) is 3.16. The van der Waals surface area contributed by atoms with Crippen molar-refractivity contribution in [1.82, 2.24) is 19.7 Å². The molecule has 0 aliphatic rings. The fraction of sp³-hybridized carbons (Fsp3) is 0.111. The molecule has 0 aliphatic carbocycles. The van der Waals surface area contributed by atoms with Crippen molar-refractivity contribution in [1.29, 1.82) is 0 Å². The molecule has 0 radical (unpaired) electrons. The van der Waals surface area contributed by atoms with Crippen LogP contribution in [0.1, 0.15) is 0 Å². The molecule has 1 N–H and O–H groups in total. The number of carboxylic acid groups (broad SMARTS) is 1. The van der Waals surface area contributed by atoms with Crippen molar-refractivity contribution in [2.24, 2.45) is 0 Å². The maximum Gasteiger partial charge on any atom is 0.313 e. The van der Waals surface area contributed by atoms with Crippen LogP contribution in [0.25, 0.3) is 5.69 Å². The number of hydrogen-bond donors (Lipinski definition) is 1. The Balaban J connectivity index is 2.23. The molecule has 7 heteroatoms.